The number of nitrogens with zero attached hydrogens (tertiary/aromatic N) is 2. The standard InChI is InChI=1S/C28H22N2O2S/c31-26-27(23-15-7-2-8-16-23)30(25-19-11-4-12-20-25)32-28(33-27,24-17-9-3-10-18-24)29(26)21-22-13-5-1-6-14-22/h1-20H,21H2. The first-order valence-electron chi connectivity index (χ1n) is 11.0. The molecule has 0 aromatic heterocycles. The Morgan fingerprint density at radius 3 is 1.79 bits per heavy atom. The molecule has 0 radical (unpaired) electrons. The minimum Gasteiger partial charge on any atom is -0.292 e. The van der Waals surface area contributed by atoms with Crippen LogP contribution in [0.15, 0.2) is 121 Å². The Morgan fingerprint density at radius 1 is 0.667 bits per heavy atom. The number of fused-ring (bicyclic) bond motifs is 2. The minimum atomic E-state index is -1.03. The number of benzene rings is 4. The van der Waals surface area contributed by atoms with Gasteiger partial charge in [0.25, 0.3) is 5.91 Å². The van der Waals surface area contributed by atoms with Gasteiger partial charge in [-0.2, -0.15) is 0 Å². The van der Waals surface area contributed by atoms with Gasteiger partial charge in [0.2, 0.25) is 9.93 Å². The zero-order valence-corrected chi connectivity index (χ0v) is 18.7. The summed E-state index contributed by atoms with van der Waals surface area (Å²) >= 11 is 1.55. The molecule has 2 saturated heterocycles. The van der Waals surface area contributed by atoms with Crippen LogP contribution in [0.1, 0.15) is 16.7 Å². The molecule has 2 unspecified atom stereocenters. The molecule has 4 aromatic rings. The van der Waals surface area contributed by atoms with Crippen LogP contribution in [0.3, 0.4) is 0 Å². The predicted molar refractivity (Wildman–Crippen MR) is 131 cm³/mol. The number of hydrogen-bond donors (Lipinski definition) is 0. The van der Waals surface area contributed by atoms with Gasteiger partial charge in [-0.3, -0.25) is 9.69 Å². The summed E-state index contributed by atoms with van der Waals surface area (Å²) in [5, 5.41) is 0.823. The first-order chi connectivity index (χ1) is 16.2. The summed E-state index contributed by atoms with van der Waals surface area (Å²) in [7, 11) is 0. The van der Waals surface area contributed by atoms with Gasteiger partial charge in [0.1, 0.15) is 0 Å². The van der Waals surface area contributed by atoms with Gasteiger partial charge in [-0.1, -0.05) is 121 Å². The van der Waals surface area contributed by atoms with E-state index in [4.69, 9.17) is 4.84 Å². The molecule has 2 bridgehead atoms. The Labute approximate surface area is 197 Å². The van der Waals surface area contributed by atoms with Gasteiger partial charge in [-0.05, 0) is 23.3 Å². The Morgan fingerprint density at radius 2 is 1.18 bits per heavy atom. The molecule has 5 heteroatoms. The second-order valence-electron chi connectivity index (χ2n) is 8.16. The van der Waals surface area contributed by atoms with Gasteiger partial charge in [0, 0.05) is 12.1 Å². The van der Waals surface area contributed by atoms with E-state index in [9.17, 15) is 4.79 Å². The Hall–Kier alpha value is -3.54. The van der Waals surface area contributed by atoms with E-state index in [1.165, 1.54) is 0 Å². The fourth-order valence-corrected chi connectivity index (χ4v) is 6.32. The second kappa shape index (κ2) is 7.80. The van der Waals surface area contributed by atoms with E-state index >= 15 is 0 Å². The zero-order valence-electron chi connectivity index (χ0n) is 17.9. The molecule has 0 spiro atoms. The summed E-state index contributed by atoms with van der Waals surface area (Å²) in [6.45, 7) is 0.457. The van der Waals surface area contributed by atoms with Crippen LogP contribution in [-0.2, 0) is 26.1 Å². The third-order valence-corrected chi connectivity index (χ3v) is 7.83. The molecule has 6 rings (SSSR count). The first kappa shape index (κ1) is 20.1. The highest BCUT2D eigenvalue weighted by Gasteiger charge is 2.73. The average Bonchev–Trinajstić information content (AvgIpc) is 3.38. The summed E-state index contributed by atoms with van der Waals surface area (Å²) in [6.07, 6.45) is 0. The van der Waals surface area contributed by atoms with Crippen LogP contribution >= 0.6 is 11.8 Å². The van der Waals surface area contributed by atoms with Gasteiger partial charge in [-0.15, -0.1) is 0 Å². The van der Waals surface area contributed by atoms with Crippen molar-refractivity contribution < 1.29 is 9.63 Å². The summed E-state index contributed by atoms with van der Waals surface area (Å²) in [5.74, 6) is 0.0153. The van der Waals surface area contributed by atoms with Crippen LogP contribution in [0.5, 0.6) is 0 Å². The fraction of sp³-hybridized carbons (Fsp3) is 0.107. The quantitative estimate of drug-likeness (QED) is 0.380. The molecule has 0 saturated carbocycles. The first-order valence-corrected chi connectivity index (χ1v) is 11.8. The number of hydrogen-bond acceptors (Lipinski definition) is 4. The highest BCUT2D eigenvalue weighted by molar-refractivity contribution is 8.02. The predicted octanol–water partition coefficient (Wildman–Crippen LogP) is 5.88. The summed E-state index contributed by atoms with van der Waals surface area (Å²) in [5.41, 5.74) is 3.75. The molecular weight excluding hydrogens is 428 g/mol. The smallest absolute Gasteiger partial charge is 0.269 e. The van der Waals surface area contributed by atoms with E-state index in [0.717, 1.165) is 22.4 Å². The third kappa shape index (κ3) is 3.00. The average molecular weight is 451 g/mol. The maximum atomic E-state index is 14.4. The number of carbonyl (C=O) groups excluding carboxylic acids is 1. The number of thioether (sulfide) groups is 1. The number of anilines is 1. The van der Waals surface area contributed by atoms with Crippen molar-refractivity contribution in [2.75, 3.05) is 5.06 Å². The van der Waals surface area contributed by atoms with E-state index in [0.29, 0.717) is 6.54 Å². The largest absolute Gasteiger partial charge is 0.292 e. The van der Waals surface area contributed by atoms with Crippen molar-refractivity contribution in [3.63, 3.8) is 0 Å². The zero-order chi connectivity index (χ0) is 22.3. The van der Waals surface area contributed by atoms with Crippen molar-refractivity contribution in [2.24, 2.45) is 0 Å². The van der Waals surface area contributed by atoms with Gasteiger partial charge >= 0.3 is 0 Å². The Bertz CT molecular complexity index is 1270. The van der Waals surface area contributed by atoms with Crippen LogP contribution < -0.4 is 5.06 Å². The fourth-order valence-electron chi connectivity index (χ4n) is 4.62. The lowest BCUT2D eigenvalue weighted by Gasteiger charge is -2.43. The lowest BCUT2D eigenvalue weighted by molar-refractivity contribution is -0.175. The van der Waals surface area contributed by atoms with Crippen molar-refractivity contribution in [1.82, 2.24) is 4.90 Å². The number of rotatable bonds is 5. The lowest BCUT2D eigenvalue weighted by atomic mass is 10.0. The van der Waals surface area contributed by atoms with Crippen molar-refractivity contribution in [1.29, 1.82) is 0 Å². The second-order valence-corrected chi connectivity index (χ2v) is 9.51. The Kier molecular flexibility index (Phi) is 4.75. The molecule has 2 aliphatic rings. The molecule has 1 amide bonds. The van der Waals surface area contributed by atoms with Crippen LogP contribution in [0.25, 0.3) is 0 Å². The topological polar surface area (TPSA) is 32.8 Å². The summed E-state index contributed by atoms with van der Waals surface area (Å²) in [6, 6.07) is 39.9. The van der Waals surface area contributed by atoms with Crippen molar-refractivity contribution in [3.8, 4) is 0 Å². The summed E-state index contributed by atoms with van der Waals surface area (Å²) in [4.78, 5) is 22.1. The molecule has 33 heavy (non-hydrogen) atoms. The molecular formula is C28H22N2O2S. The van der Waals surface area contributed by atoms with Crippen molar-refractivity contribution >= 4 is 23.4 Å². The molecule has 162 valence electrons. The molecule has 4 nitrogen and oxygen atoms in total. The van der Waals surface area contributed by atoms with Crippen LogP contribution in [0, 0.1) is 0 Å². The minimum absolute atomic E-state index is 0.0153. The number of amides is 1. The van der Waals surface area contributed by atoms with E-state index in [2.05, 4.69) is 0 Å². The molecule has 4 aromatic carbocycles. The highest BCUT2D eigenvalue weighted by Crippen LogP contribution is 2.67. The third-order valence-electron chi connectivity index (χ3n) is 6.16. The van der Waals surface area contributed by atoms with Crippen LogP contribution in [0.4, 0.5) is 5.69 Å². The van der Waals surface area contributed by atoms with Crippen LogP contribution in [-0.4, -0.2) is 10.8 Å². The van der Waals surface area contributed by atoms with E-state index in [1.807, 2.05) is 131 Å². The van der Waals surface area contributed by atoms with E-state index in [-0.39, 0.29) is 5.91 Å². The lowest BCUT2D eigenvalue weighted by Crippen LogP contribution is -2.58. The number of hydroxylamine groups is 1. The maximum absolute atomic E-state index is 14.4. The van der Waals surface area contributed by atoms with E-state index in [1.54, 1.807) is 11.8 Å². The summed E-state index contributed by atoms with van der Waals surface area (Å²) < 4.78 is 0. The van der Waals surface area contributed by atoms with Gasteiger partial charge in [0.05, 0.1) is 5.69 Å². The molecule has 0 N–H and O–H groups in total. The van der Waals surface area contributed by atoms with E-state index < -0.39 is 9.93 Å². The maximum Gasteiger partial charge on any atom is 0.269 e. The van der Waals surface area contributed by atoms with Gasteiger partial charge < -0.3 is 0 Å². The Balaban J connectivity index is 1.57. The molecule has 0 aliphatic carbocycles. The highest BCUT2D eigenvalue weighted by atomic mass is 32.2. The SMILES string of the molecule is O=C1N(Cc2ccccc2)C2(c3ccccc3)ON(c3ccccc3)C1(c1ccccc1)S2. The molecule has 2 aliphatic heterocycles. The number of carbonyl (C=O) groups is 1. The van der Waals surface area contributed by atoms with Crippen molar-refractivity contribution in [3.05, 3.63) is 138 Å². The molecule has 2 atom stereocenters. The monoisotopic (exact) mass is 450 g/mol. The van der Waals surface area contributed by atoms with Crippen molar-refractivity contribution in [2.45, 2.75) is 16.5 Å². The normalized spacial score (nSPS) is 23.8. The van der Waals surface area contributed by atoms with Gasteiger partial charge in [0.15, 0.2) is 0 Å². The van der Waals surface area contributed by atoms with Gasteiger partial charge in [-0.25, -0.2) is 9.90 Å². The number of para-hydroxylation sites is 1. The van der Waals surface area contributed by atoms with Crippen LogP contribution in [0.2, 0.25) is 0 Å². The molecule has 2 fully saturated rings. The molecule has 2 heterocycles.